The van der Waals surface area contributed by atoms with E-state index in [4.69, 9.17) is 14.2 Å². The maximum absolute atomic E-state index is 13.7. The molecule has 3 saturated heterocycles. The summed E-state index contributed by atoms with van der Waals surface area (Å²) in [6, 6.07) is 13.3. The number of hydrogen-bond donors (Lipinski definition) is 4. The lowest BCUT2D eigenvalue weighted by Crippen LogP contribution is -2.44. The number of aromatic nitrogens is 2. The third-order valence-electron chi connectivity index (χ3n) is 17.2. The largest absolute Gasteiger partial charge is 0.383 e. The number of morpholine rings is 1. The molecule has 4 N–H and O–H groups in total. The number of carbonyl (C=O) groups excluding carboxylic acids is 2. The SMILES string of the molecule is CCN(c1cc(C#CC2CCN(C)CC2)cc(C(=O)NCc2c(C)cc(C)[nH]c2=O)c1C)C1CCOCC1.CCN(c1cc(C#CCN2CCOCC2)cc(C(=O)NCc2c(C)cc(C)[nH]c2=O)c1C)C1CCC(N(C)CCOC)CC1. The molecule has 82 heavy (non-hydrogen) atoms. The van der Waals surface area contributed by atoms with E-state index in [1.165, 1.54) is 0 Å². The normalized spacial score (nSPS) is 18.1. The number of piperidine rings is 1. The number of likely N-dealkylation sites (tertiary alicyclic amines) is 1. The van der Waals surface area contributed by atoms with E-state index in [-0.39, 0.29) is 36.0 Å². The smallest absolute Gasteiger partial charge is 0.253 e. The van der Waals surface area contributed by atoms with Crippen LogP contribution in [-0.4, -0.2) is 161 Å². The second-order valence-corrected chi connectivity index (χ2v) is 23.0. The number of likely N-dealkylation sites (N-methyl/N-ethyl adjacent to an activating group) is 1. The van der Waals surface area contributed by atoms with Crippen molar-refractivity contribution in [2.24, 2.45) is 5.92 Å². The fourth-order valence-corrected chi connectivity index (χ4v) is 12.2. The molecular weight excluding hydrogens is 1030 g/mol. The van der Waals surface area contributed by atoms with Crippen molar-refractivity contribution in [3.8, 4) is 23.7 Å². The summed E-state index contributed by atoms with van der Waals surface area (Å²) in [6.45, 7) is 27.2. The number of methoxy groups -OCH3 is 1. The van der Waals surface area contributed by atoms with Crippen molar-refractivity contribution in [2.45, 2.75) is 138 Å². The number of benzene rings is 2. The Kier molecular flexibility index (Phi) is 23.9. The Morgan fingerprint density at radius 3 is 1.61 bits per heavy atom. The highest BCUT2D eigenvalue weighted by Gasteiger charge is 2.30. The average molecular weight is 1120 g/mol. The van der Waals surface area contributed by atoms with Crippen molar-refractivity contribution >= 4 is 23.2 Å². The van der Waals surface area contributed by atoms with E-state index in [0.29, 0.717) is 52.8 Å². The molecule has 5 heterocycles. The minimum absolute atomic E-state index is 0.158. The monoisotopic (exact) mass is 1120 g/mol. The minimum atomic E-state index is -0.195. The van der Waals surface area contributed by atoms with Gasteiger partial charge in [0.15, 0.2) is 0 Å². The van der Waals surface area contributed by atoms with Gasteiger partial charge >= 0.3 is 0 Å². The minimum Gasteiger partial charge on any atom is -0.383 e. The highest BCUT2D eigenvalue weighted by molar-refractivity contribution is 5.98. The maximum Gasteiger partial charge on any atom is 0.253 e. The number of H-pyrrole nitrogens is 2. The number of carbonyl (C=O) groups is 2. The molecular formula is C66H93N9O7. The van der Waals surface area contributed by atoms with Gasteiger partial charge in [0.1, 0.15) is 0 Å². The first-order valence-electron chi connectivity index (χ1n) is 30.0. The van der Waals surface area contributed by atoms with Gasteiger partial charge in [0.05, 0.1) is 26.4 Å². The van der Waals surface area contributed by atoms with E-state index in [0.717, 1.165) is 186 Å². The number of rotatable bonds is 17. The number of pyridine rings is 2. The van der Waals surface area contributed by atoms with Crippen molar-refractivity contribution in [3.63, 3.8) is 0 Å². The molecule has 16 nitrogen and oxygen atoms in total. The Hall–Kier alpha value is -6.24. The van der Waals surface area contributed by atoms with Crippen LogP contribution in [0.2, 0.25) is 0 Å². The lowest BCUT2D eigenvalue weighted by atomic mass is 9.88. The maximum atomic E-state index is 13.7. The highest BCUT2D eigenvalue weighted by Crippen LogP contribution is 2.34. The molecule has 2 aromatic heterocycles. The number of ether oxygens (including phenoxy) is 3. The first-order valence-corrected chi connectivity index (χ1v) is 30.0. The van der Waals surface area contributed by atoms with Gasteiger partial charge in [-0.2, -0.15) is 0 Å². The molecule has 3 aliphatic heterocycles. The van der Waals surface area contributed by atoms with Gasteiger partial charge in [0.25, 0.3) is 22.9 Å². The molecule has 0 unspecified atom stereocenters. The Labute approximate surface area is 488 Å². The first kappa shape index (κ1) is 63.3. The van der Waals surface area contributed by atoms with Crippen LogP contribution in [0.25, 0.3) is 0 Å². The Morgan fingerprint density at radius 2 is 1.12 bits per heavy atom. The molecule has 0 radical (unpaired) electrons. The van der Waals surface area contributed by atoms with E-state index in [1.807, 2.05) is 65.8 Å². The van der Waals surface area contributed by atoms with E-state index >= 15 is 0 Å². The summed E-state index contributed by atoms with van der Waals surface area (Å²) in [5, 5.41) is 6.03. The van der Waals surface area contributed by atoms with Crippen molar-refractivity contribution < 1.29 is 23.8 Å². The fraction of sp³-hybridized carbons (Fsp3) is 0.576. The molecule has 2 aromatic carbocycles. The molecule has 4 aliphatic rings. The summed E-state index contributed by atoms with van der Waals surface area (Å²) in [5.41, 5.74) is 11.1. The van der Waals surface area contributed by atoms with Crippen molar-refractivity contribution in [1.29, 1.82) is 0 Å². The molecule has 16 heteroatoms. The predicted molar refractivity (Wildman–Crippen MR) is 329 cm³/mol. The Bertz CT molecular complexity index is 3050. The van der Waals surface area contributed by atoms with E-state index in [9.17, 15) is 19.2 Å². The number of hydrogen-bond acceptors (Lipinski definition) is 12. The average Bonchev–Trinajstić information content (AvgIpc) is 3.55. The van der Waals surface area contributed by atoms with Gasteiger partial charge < -0.3 is 54.4 Å². The van der Waals surface area contributed by atoms with Gasteiger partial charge in [0.2, 0.25) is 0 Å². The van der Waals surface area contributed by atoms with Crippen LogP contribution in [0.5, 0.6) is 0 Å². The molecule has 1 aliphatic carbocycles. The van der Waals surface area contributed by atoms with E-state index < -0.39 is 0 Å². The van der Waals surface area contributed by atoms with Crippen LogP contribution in [-0.2, 0) is 27.3 Å². The third-order valence-corrected chi connectivity index (χ3v) is 17.2. The van der Waals surface area contributed by atoms with Crippen LogP contribution in [0, 0.1) is 71.1 Å². The Balaban J connectivity index is 0.000000239. The fourth-order valence-electron chi connectivity index (χ4n) is 12.2. The molecule has 4 fully saturated rings. The van der Waals surface area contributed by atoms with Crippen molar-refractivity contribution in [1.82, 2.24) is 35.3 Å². The van der Waals surface area contributed by atoms with E-state index in [2.05, 4.69) is 109 Å². The third kappa shape index (κ3) is 17.2. The zero-order chi connectivity index (χ0) is 58.9. The molecule has 1 saturated carbocycles. The Morgan fingerprint density at radius 1 is 0.646 bits per heavy atom. The molecule has 0 atom stereocenters. The van der Waals surface area contributed by atoms with Crippen LogP contribution in [0.4, 0.5) is 11.4 Å². The standard InChI is InChI=1S/C35H51N5O4.C31H42N4O3/c1-7-40(30-12-10-29(11-13-30)38(5)15-18-43-6)33-23-28(9-8-14-39-16-19-44-20-17-39)22-31(27(33)4)34(41)36-24-32-25(2)21-26(3)37-35(32)42;1-6-35(26-11-15-38-16-12-26)29-19-25(8-7-24-9-13-34(5)14-10-24)18-27(23(29)4)30(36)32-20-28-21(2)17-22(3)33-31(28)37/h21-23,29-30H,7,10-20,24H2,1-6H3,(H,36,41)(H,37,42);17-19,24,26H,6,9-16,20H2,1-5H3,(H,32,36)(H,33,37). The number of amides is 2. The quantitative estimate of drug-likeness (QED) is 0.0768. The van der Waals surface area contributed by atoms with Crippen LogP contribution in [0.3, 0.4) is 0 Å². The summed E-state index contributed by atoms with van der Waals surface area (Å²) in [5.74, 6) is 13.6. The number of nitrogens with one attached hydrogen (secondary N) is 4. The topological polar surface area (TPSA) is 168 Å². The van der Waals surface area contributed by atoms with Crippen molar-refractivity contribution in [2.75, 3.05) is 116 Å². The summed E-state index contributed by atoms with van der Waals surface area (Å²) in [7, 11) is 6.11. The number of aryl methyl sites for hydroxylation is 4. The van der Waals surface area contributed by atoms with Gasteiger partial charge in [0, 0.05) is 146 Å². The summed E-state index contributed by atoms with van der Waals surface area (Å²) in [6.07, 6.45) is 8.55. The number of anilines is 2. The summed E-state index contributed by atoms with van der Waals surface area (Å²) in [4.78, 5) is 70.0. The molecule has 0 spiro atoms. The van der Waals surface area contributed by atoms with Crippen LogP contribution in [0.1, 0.15) is 142 Å². The lowest BCUT2D eigenvalue weighted by molar-refractivity contribution is 0.0443. The zero-order valence-corrected chi connectivity index (χ0v) is 51.1. The number of nitrogens with zero attached hydrogens (tertiary/aromatic N) is 5. The molecule has 444 valence electrons. The highest BCUT2D eigenvalue weighted by atomic mass is 16.5. The molecule has 2 amide bonds. The van der Waals surface area contributed by atoms with Crippen molar-refractivity contribution in [3.05, 3.63) is 124 Å². The van der Waals surface area contributed by atoms with Gasteiger partial charge in [-0.05, 0) is 193 Å². The molecule has 8 rings (SSSR count). The van der Waals surface area contributed by atoms with Gasteiger partial charge in [-0.15, -0.1) is 0 Å². The van der Waals surface area contributed by atoms with Gasteiger partial charge in [-0.1, -0.05) is 23.7 Å². The van der Waals surface area contributed by atoms with E-state index in [1.54, 1.807) is 7.11 Å². The lowest BCUT2D eigenvalue weighted by Gasteiger charge is -2.41. The zero-order valence-electron chi connectivity index (χ0n) is 51.1. The van der Waals surface area contributed by atoms with Gasteiger partial charge in [-0.3, -0.25) is 24.1 Å². The van der Waals surface area contributed by atoms with Gasteiger partial charge in [-0.25, -0.2) is 0 Å². The number of aromatic amines is 2. The van der Waals surface area contributed by atoms with Crippen LogP contribution < -0.4 is 31.6 Å². The second-order valence-electron chi connectivity index (χ2n) is 23.0. The molecule has 4 aromatic rings. The van der Waals surface area contributed by atoms with Crippen LogP contribution in [0.15, 0.2) is 46.0 Å². The van der Waals surface area contributed by atoms with Crippen LogP contribution >= 0.6 is 0 Å². The predicted octanol–water partition coefficient (Wildman–Crippen LogP) is 7.56. The first-order chi connectivity index (χ1) is 39.5. The summed E-state index contributed by atoms with van der Waals surface area (Å²) >= 11 is 0. The second kappa shape index (κ2) is 30.9. The molecule has 0 bridgehead atoms. The summed E-state index contributed by atoms with van der Waals surface area (Å²) < 4.78 is 16.4.